The van der Waals surface area contributed by atoms with Crippen LogP contribution in [0.2, 0.25) is 0 Å². The van der Waals surface area contributed by atoms with Crippen molar-refractivity contribution in [3.8, 4) is 0 Å². The van der Waals surface area contributed by atoms with Gasteiger partial charge < -0.3 is 4.90 Å². The van der Waals surface area contributed by atoms with E-state index in [9.17, 15) is 4.79 Å². The van der Waals surface area contributed by atoms with Gasteiger partial charge in [0.1, 0.15) is 0 Å². The van der Waals surface area contributed by atoms with E-state index in [0.29, 0.717) is 0 Å². The van der Waals surface area contributed by atoms with Crippen LogP contribution in [0.3, 0.4) is 0 Å². The molecule has 1 aromatic carbocycles. The summed E-state index contributed by atoms with van der Waals surface area (Å²) in [6.07, 6.45) is 3.57. The molecular formula is C17H17ClN2O. The lowest BCUT2D eigenvalue weighted by Crippen LogP contribution is -2.45. The zero-order valence-corrected chi connectivity index (χ0v) is 12.7. The Bertz CT molecular complexity index is 714. The Morgan fingerprint density at radius 1 is 1.24 bits per heavy atom. The van der Waals surface area contributed by atoms with Gasteiger partial charge in [-0.1, -0.05) is 18.2 Å². The molecule has 0 aliphatic carbocycles. The van der Waals surface area contributed by atoms with Crippen LogP contribution in [0.4, 0.5) is 0 Å². The molecule has 0 bridgehead atoms. The summed E-state index contributed by atoms with van der Waals surface area (Å²) in [4.78, 5) is 19.1. The monoisotopic (exact) mass is 300 g/mol. The molecule has 0 N–H and O–H groups in total. The fourth-order valence-corrected chi connectivity index (χ4v) is 3.58. The van der Waals surface area contributed by atoms with Gasteiger partial charge in [0.25, 0.3) is 5.91 Å². The van der Waals surface area contributed by atoms with E-state index in [1.807, 2.05) is 17.0 Å². The molecule has 0 radical (unpaired) electrons. The Morgan fingerprint density at radius 3 is 2.95 bits per heavy atom. The number of hydrogen-bond donors (Lipinski definition) is 0. The summed E-state index contributed by atoms with van der Waals surface area (Å²) < 4.78 is 0. The van der Waals surface area contributed by atoms with Gasteiger partial charge in [-0.15, -0.1) is 12.4 Å². The lowest BCUT2D eigenvalue weighted by atomic mass is 9.83. The summed E-state index contributed by atoms with van der Waals surface area (Å²) in [5, 5.41) is 0. The molecule has 0 saturated heterocycles. The molecule has 1 unspecified atom stereocenters. The standard InChI is InChI=1S/C17H16N2O.ClH/c1-11-4-2-5-12-7-9-19-15(16(11)12)10-14-13(17(19)20)6-3-8-18-14;/h2-6,8,15H,7,9-10H2,1H3;1H. The number of hydrogen-bond acceptors (Lipinski definition) is 2. The van der Waals surface area contributed by atoms with Gasteiger partial charge >= 0.3 is 0 Å². The van der Waals surface area contributed by atoms with E-state index >= 15 is 0 Å². The van der Waals surface area contributed by atoms with Crippen molar-refractivity contribution in [2.75, 3.05) is 6.54 Å². The van der Waals surface area contributed by atoms with Crippen molar-refractivity contribution < 1.29 is 4.79 Å². The van der Waals surface area contributed by atoms with Gasteiger partial charge in [0.2, 0.25) is 0 Å². The van der Waals surface area contributed by atoms with Gasteiger partial charge in [0.05, 0.1) is 17.3 Å². The molecule has 3 nitrogen and oxygen atoms in total. The smallest absolute Gasteiger partial charge is 0.256 e. The summed E-state index contributed by atoms with van der Waals surface area (Å²) in [7, 11) is 0. The molecule has 0 fully saturated rings. The summed E-state index contributed by atoms with van der Waals surface area (Å²) >= 11 is 0. The molecule has 2 aromatic rings. The van der Waals surface area contributed by atoms with Crippen LogP contribution in [0.25, 0.3) is 0 Å². The SMILES string of the molecule is Cc1cccc2c1C1Cc3ncccc3C(=O)N1CC2.Cl. The molecule has 4 heteroatoms. The summed E-state index contributed by atoms with van der Waals surface area (Å²) in [6.45, 7) is 2.95. The Kier molecular flexibility index (Phi) is 3.46. The van der Waals surface area contributed by atoms with Crippen molar-refractivity contribution in [3.63, 3.8) is 0 Å². The average Bonchev–Trinajstić information content (AvgIpc) is 2.47. The lowest BCUT2D eigenvalue weighted by Gasteiger charge is -2.41. The second kappa shape index (κ2) is 5.15. The minimum absolute atomic E-state index is 0. The summed E-state index contributed by atoms with van der Waals surface area (Å²) in [5.41, 5.74) is 5.72. The second-order valence-corrected chi connectivity index (χ2v) is 5.61. The van der Waals surface area contributed by atoms with Crippen LogP contribution in [-0.2, 0) is 12.8 Å². The normalized spacial score (nSPS) is 19.2. The Hall–Kier alpha value is -1.87. The fourth-order valence-electron chi connectivity index (χ4n) is 3.58. The maximum absolute atomic E-state index is 12.7. The molecule has 108 valence electrons. The first-order chi connectivity index (χ1) is 9.75. The van der Waals surface area contributed by atoms with E-state index in [1.165, 1.54) is 16.7 Å². The van der Waals surface area contributed by atoms with E-state index in [4.69, 9.17) is 0 Å². The topological polar surface area (TPSA) is 33.2 Å². The van der Waals surface area contributed by atoms with E-state index in [-0.39, 0.29) is 24.4 Å². The molecule has 0 spiro atoms. The van der Waals surface area contributed by atoms with Crippen LogP contribution >= 0.6 is 12.4 Å². The Balaban J connectivity index is 0.00000132. The van der Waals surface area contributed by atoms with Crippen molar-refractivity contribution in [2.45, 2.75) is 25.8 Å². The molecule has 3 heterocycles. The van der Waals surface area contributed by atoms with Crippen molar-refractivity contribution in [1.29, 1.82) is 0 Å². The first-order valence-electron chi connectivity index (χ1n) is 7.09. The van der Waals surface area contributed by atoms with Crippen LogP contribution in [0.1, 0.15) is 38.8 Å². The van der Waals surface area contributed by atoms with Crippen LogP contribution in [0.5, 0.6) is 0 Å². The maximum Gasteiger partial charge on any atom is 0.256 e. The van der Waals surface area contributed by atoms with Crippen molar-refractivity contribution in [3.05, 3.63) is 64.5 Å². The third kappa shape index (κ3) is 2.04. The van der Waals surface area contributed by atoms with Crippen molar-refractivity contribution in [2.24, 2.45) is 0 Å². The second-order valence-electron chi connectivity index (χ2n) is 5.61. The van der Waals surface area contributed by atoms with Crippen molar-refractivity contribution >= 4 is 18.3 Å². The Labute approximate surface area is 130 Å². The van der Waals surface area contributed by atoms with Gasteiger partial charge in [-0.3, -0.25) is 9.78 Å². The lowest BCUT2D eigenvalue weighted by molar-refractivity contribution is 0.0628. The number of amides is 1. The molecule has 2 aliphatic rings. The first kappa shape index (κ1) is 14.1. The highest BCUT2D eigenvalue weighted by molar-refractivity contribution is 5.96. The zero-order chi connectivity index (χ0) is 13.7. The number of halogens is 1. The molecule has 21 heavy (non-hydrogen) atoms. The number of fused-ring (bicyclic) bond motifs is 4. The number of benzene rings is 1. The number of nitrogens with zero attached hydrogens (tertiary/aromatic N) is 2. The number of aryl methyl sites for hydroxylation is 1. The number of pyridine rings is 1. The van der Waals surface area contributed by atoms with E-state index in [1.54, 1.807) is 6.20 Å². The molecule has 2 aliphatic heterocycles. The van der Waals surface area contributed by atoms with Crippen molar-refractivity contribution in [1.82, 2.24) is 9.88 Å². The van der Waals surface area contributed by atoms with Gasteiger partial charge in [-0.2, -0.15) is 0 Å². The first-order valence-corrected chi connectivity index (χ1v) is 7.09. The third-order valence-corrected chi connectivity index (χ3v) is 4.51. The molecule has 1 amide bonds. The van der Waals surface area contributed by atoms with Crippen LogP contribution < -0.4 is 0 Å². The minimum Gasteiger partial charge on any atom is -0.331 e. The summed E-state index contributed by atoms with van der Waals surface area (Å²) in [5.74, 6) is 0.137. The molecule has 1 aromatic heterocycles. The average molecular weight is 301 g/mol. The van der Waals surface area contributed by atoms with E-state index in [0.717, 1.165) is 30.6 Å². The van der Waals surface area contributed by atoms with Crippen LogP contribution in [-0.4, -0.2) is 22.3 Å². The van der Waals surface area contributed by atoms with Gasteiger partial charge in [-0.05, 0) is 42.2 Å². The maximum atomic E-state index is 12.7. The van der Waals surface area contributed by atoms with Gasteiger partial charge in [-0.25, -0.2) is 0 Å². The quantitative estimate of drug-likeness (QED) is 0.749. The highest BCUT2D eigenvalue weighted by Gasteiger charge is 2.37. The number of carbonyl (C=O) groups excluding carboxylic acids is 1. The van der Waals surface area contributed by atoms with E-state index < -0.39 is 0 Å². The molecule has 4 rings (SSSR count). The Morgan fingerprint density at radius 2 is 2.10 bits per heavy atom. The highest BCUT2D eigenvalue weighted by Crippen LogP contribution is 2.38. The predicted molar refractivity (Wildman–Crippen MR) is 83.8 cm³/mol. The summed E-state index contributed by atoms with van der Waals surface area (Å²) in [6, 6.07) is 10.4. The van der Waals surface area contributed by atoms with Gasteiger partial charge in [0.15, 0.2) is 0 Å². The molecule has 0 saturated carbocycles. The molecule has 1 atom stereocenters. The number of carbonyl (C=O) groups is 1. The number of aromatic nitrogens is 1. The van der Waals surface area contributed by atoms with E-state index in [2.05, 4.69) is 30.1 Å². The van der Waals surface area contributed by atoms with Crippen LogP contribution in [0, 0.1) is 6.92 Å². The number of rotatable bonds is 0. The largest absolute Gasteiger partial charge is 0.331 e. The highest BCUT2D eigenvalue weighted by atomic mass is 35.5. The molecular weight excluding hydrogens is 284 g/mol. The van der Waals surface area contributed by atoms with Gasteiger partial charge in [0, 0.05) is 19.2 Å². The predicted octanol–water partition coefficient (Wildman–Crippen LogP) is 3.11. The third-order valence-electron chi connectivity index (χ3n) is 4.51. The fraction of sp³-hybridized carbons (Fsp3) is 0.294. The zero-order valence-electron chi connectivity index (χ0n) is 11.9. The minimum atomic E-state index is 0. The van der Waals surface area contributed by atoms with Crippen LogP contribution in [0.15, 0.2) is 36.5 Å².